The predicted molar refractivity (Wildman–Crippen MR) is 174 cm³/mol. The van der Waals surface area contributed by atoms with Gasteiger partial charge in [-0.25, -0.2) is 9.59 Å². The first-order valence-electron chi connectivity index (χ1n) is 15.6. The van der Waals surface area contributed by atoms with E-state index in [0.29, 0.717) is 55.3 Å². The molecule has 1 unspecified atom stereocenters. The van der Waals surface area contributed by atoms with Crippen LogP contribution in [0.1, 0.15) is 56.0 Å². The van der Waals surface area contributed by atoms with Crippen LogP contribution in [0.15, 0.2) is 66.7 Å². The maximum absolute atomic E-state index is 13.4. The van der Waals surface area contributed by atoms with Gasteiger partial charge in [0, 0.05) is 12.5 Å². The van der Waals surface area contributed by atoms with Gasteiger partial charge in [0.25, 0.3) is 11.1 Å². The molecule has 0 aliphatic heterocycles. The lowest BCUT2D eigenvalue weighted by atomic mass is 9.98. The maximum Gasteiger partial charge on any atom is 0.511 e. The number of nitrogens with zero attached hydrogens (tertiary/aromatic N) is 6. The van der Waals surface area contributed by atoms with Crippen molar-refractivity contribution in [3.63, 3.8) is 0 Å². The summed E-state index contributed by atoms with van der Waals surface area (Å²) >= 11 is 0. The minimum absolute atomic E-state index is 0.0235. The van der Waals surface area contributed by atoms with Gasteiger partial charge in [0.2, 0.25) is 12.1 Å². The molecule has 16 heteroatoms. The van der Waals surface area contributed by atoms with Gasteiger partial charge in [-0.05, 0) is 67.1 Å². The third-order valence-corrected chi connectivity index (χ3v) is 7.37. The lowest BCUT2D eigenvalue weighted by molar-refractivity contribution is -0.767. The van der Waals surface area contributed by atoms with Gasteiger partial charge < -0.3 is 23.8 Å². The van der Waals surface area contributed by atoms with Crippen molar-refractivity contribution in [2.24, 2.45) is 0 Å². The number of aromatic amines is 1. The molecule has 0 fully saturated rings. The molecular formula is C33H35N7O9. The van der Waals surface area contributed by atoms with Gasteiger partial charge in [0.05, 0.1) is 36.4 Å². The van der Waals surface area contributed by atoms with Crippen LogP contribution in [0.3, 0.4) is 0 Å². The summed E-state index contributed by atoms with van der Waals surface area (Å²) in [7, 11) is 0. The van der Waals surface area contributed by atoms with E-state index in [0.717, 1.165) is 22.3 Å². The number of fused-ring (bicyclic) bond motifs is 1. The Labute approximate surface area is 280 Å². The van der Waals surface area contributed by atoms with E-state index in [-0.39, 0.29) is 12.2 Å². The molecular weight excluding hydrogens is 638 g/mol. The van der Waals surface area contributed by atoms with Gasteiger partial charge >= 0.3 is 12.1 Å². The molecule has 0 bridgehead atoms. The number of tetrazole rings is 1. The predicted octanol–water partition coefficient (Wildman–Crippen LogP) is 5.75. The van der Waals surface area contributed by atoms with Crippen LogP contribution in [0.25, 0.3) is 33.5 Å². The first-order chi connectivity index (χ1) is 23.7. The molecule has 49 heavy (non-hydrogen) atoms. The van der Waals surface area contributed by atoms with Crippen LogP contribution in [-0.2, 0) is 25.6 Å². The fourth-order valence-electron chi connectivity index (χ4n) is 5.19. The topological polar surface area (TPSA) is 196 Å². The van der Waals surface area contributed by atoms with Crippen molar-refractivity contribution in [3.8, 4) is 28.5 Å². The van der Waals surface area contributed by atoms with E-state index in [2.05, 4.69) is 30.4 Å². The summed E-state index contributed by atoms with van der Waals surface area (Å²) in [5.41, 5.74) is 4.88. The zero-order valence-electron chi connectivity index (χ0n) is 27.1. The van der Waals surface area contributed by atoms with E-state index in [9.17, 15) is 19.7 Å². The standard InChI is InChI=1S/C33H35N7O9/c1-4-45-32-34-28-14-9-13-27(31(41)47-22(3)48-33(42)46-19-8-7-10-21(2)49-40(43)44)29(28)39(32)20-23-15-17-24(18-16-23)25-11-5-6-12-26(25)30-35-37-38-36-30/h5-6,9,11-18,21-22H,4,7-8,10,19-20H2,1-3H3,(H,35,36,37,38)/t21-,22?/m0/s1. The number of carbonyl (C=O) groups excluding carboxylic acids is 2. The Morgan fingerprint density at radius 2 is 1.76 bits per heavy atom. The van der Waals surface area contributed by atoms with Crippen LogP contribution >= 0.6 is 0 Å². The Kier molecular flexibility index (Phi) is 11.3. The van der Waals surface area contributed by atoms with Gasteiger partial charge in [0.15, 0.2) is 0 Å². The van der Waals surface area contributed by atoms with E-state index in [4.69, 9.17) is 18.9 Å². The second-order valence-corrected chi connectivity index (χ2v) is 10.9. The number of hydrogen-bond donors (Lipinski definition) is 1. The van der Waals surface area contributed by atoms with E-state index in [1.165, 1.54) is 6.92 Å². The second kappa shape index (κ2) is 16.2. The van der Waals surface area contributed by atoms with Gasteiger partial charge in [-0.3, -0.25) is 4.57 Å². The molecule has 0 saturated heterocycles. The number of hydrogen-bond acceptors (Lipinski definition) is 13. The lowest BCUT2D eigenvalue weighted by Crippen LogP contribution is -2.23. The summed E-state index contributed by atoms with van der Waals surface area (Å²) in [6.07, 6.45) is -1.44. The fourth-order valence-corrected chi connectivity index (χ4v) is 5.19. The highest BCUT2D eigenvalue weighted by Gasteiger charge is 2.23. The third-order valence-electron chi connectivity index (χ3n) is 7.37. The normalized spacial score (nSPS) is 12.2. The molecule has 0 saturated carbocycles. The number of ether oxygens (including phenoxy) is 4. The number of carbonyl (C=O) groups is 2. The molecule has 3 aromatic carbocycles. The molecule has 0 radical (unpaired) electrons. The summed E-state index contributed by atoms with van der Waals surface area (Å²) < 4.78 is 23.3. The molecule has 0 spiro atoms. The highest BCUT2D eigenvalue weighted by atomic mass is 17.0. The van der Waals surface area contributed by atoms with Gasteiger partial charge in [-0.1, -0.05) is 54.6 Å². The average Bonchev–Trinajstić information content (AvgIpc) is 3.73. The number of unbranched alkanes of at least 4 members (excludes halogenated alkanes) is 1. The molecule has 5 aromatic rings. The van der Waals surface area contributed by atoms with Crippen molar-refractivity contribution in [2.75, 3.05) is 13.2 Å². The summed E-state index contributed by atoms with van der Waals surface area (Å²) in [5.74, 6) is -0.241. The highest BCUT2D eigenvalue weighted by molar-refractivity contribution is 6.02. The number of esters is 1. The molecule has 1 N–H and O–H groups in total. The number of aromatic nitrogens is 6. The number of imidazole rings is 1. The van der Waals surface area contributed by atoms with Crippen molar-refractivity contribution in [3.05, 3.63) is 88.0 Å². The Hall–Kier alpha value is -6.06. The van der Waals surface area contributed by atoms with E-state index in [1.54, 1.807) is 29.7 Å². The number of H-pyrrole nitrogens is 1. The zero-order valence-corrected chi connectivity index (χ0v) is 27.1. The number of rotatable bonds is 16. The first-order valence-corrected chi connectivity index (χ1v) is 15.6. The molecule has 0 amide bonds. The monoisotopic (exact) mass is 673 g/mol. The fraction of sp³-hybridized carbons (Fsp3) is 0.333. The van der Waals surface area contributed by atoms with Crippen molar-refractivity contribution < 1.29 is 38.5 Å². The van der Waals surface area contributed by atoms with Crippen molar-refractivity contribution >= 4 is 23.2 Å². The van der Waals surface area contributed by atoms with Crippen molar-refractivity contribution in [1.82, 2.24) is 30.2 Å². The largest absolute Gasteiger partial charge is 0.511 e. The molecule has 2 heterocycles. The second-order valence-electron chi connectivity index (χ2n) is 10.9. The van der Waals surface area contributed by atoms with Crippen LogP contribution < -0.4 is 4.74 Å². The minimum Gasteiger partial charge on any atom is -0.465 e. The summed E-state index contributed by atoms with van der Waals surface area (Å²) in [4.78, 5) is 45.0. The van der Waals surface area contributed by atoms with Gasteiger partial charge in [-0.15, -0.1) is 20.3 Å². The minimum atomic E-state index is -1.26. The van der Waals surface area contributed by atoms with Crippen molar-refractivity contribution in [2.45, 2.75) is 59.0 Å². The van der Waals surface area contributed by atoms with Crippen LogP contribution in [-0.4, -0.2) is 73.0 Å². The average molecular weight is 674 g/mol. The van der Waals surface area contributed by atoms with E-state index >= 15 is 0 Å². The van der Waals surface area contributed by atoms with Gasteiger partial charge in [0.1, 0.15) is 6.10 Å². The van der Waals surface area contributed by atoms with Crippen LogP contribution in [0.4, 0.5) is 4.79 Å². The lowest BCUT2D eigenvalue weighted by Gasteiger charge is -2.15. The Bertz CT molecular complexity index is 1880. The Balaban J connectivity index is 1.26. The molecule has 0 aliphatic carbocycles. The van der Waals surface area contributed by atoms with Crippen LogP contribution in [0.2, 0.25) is 0 Å². The Morgan fingerprint density at radius 3 is 2.47 bits per heavy atom. The smallest absolute Gasteiger partial charge is 0.465 e. The molecule has 256 valence electrons. The third kappa shape index (κ3) is 8.85. The maximum atomic E-state index is 13.4. The van der Waals surface area contributed by atoms with Crippen molar-refractivity contribution in [1.29, 1.82) is 0 Å². The molecule has 5 rings (SSSR count). The molecule has 16 nitrogen and oxygen atoms in total. The molecule has 0 aliphatic rings. The van der Waals surface area contributed by atoms with Crippen LogP contribution in [0, 0.1) is 10.1 Å². The number of nitrogens with one attached hydrogen (secondary N) is 1. The highest BCUT2D eigenvalue weighted by Crippen LogP contribution is 2.31. The summed E-state index contributed by atoms with van der Waals surface area (Å²) in [6.45, 7) is 5.54. The summed E-state index contributed by atoms with van der Waals surface area (Å²) in [6, 6.07) is 21.1. The molecule has 2 aromatic heterocycles. The SMILES string of the molecule is CCOc1nc2cccc(C(=O)OC(C)OC(=O)OCCCC[C@H](C)O[N+](=O)[O-])c2n1Cc1ccc(-c2ccccc2-c2nn[nH]n2)cc1. The number of benzene rings is 3. The Morgan fingerprint density at radius 1 is 0.980 bits per heavy atom. The van der Waals surface area contributed by atoms with E-state index in [1.807, 2.05) is 55.5 Å². The summed E-state index contributed by atoms with van der Waals surface area (Å²) in [5, 5.41) is 23.9. The van der Waals surface area contributed by atoms with Gasteiger partial charge in [-0.2, -0.15) is 10.2 Å². The van der Waals surface area contributed by atoms with E-state index < -0.39 is 29.6 Å². The van der Waals surface area contributed by atoms with Crippen LogP contribution in [0.5, 0.6) is 6.01 Å². The number of para-hydroxylation sites is 1. The zero-order chi connectivity index (χ0) is 34.8. The quantitative estimate of drug-likeness (QED) is 0.0437. The molecule has 2 atom stereocenters. The first kappa shape index (κ1) is 34.3.